The smallest absolute Gasteiger partial charge is 0.250 e. The third-order valence-corrected chi connectivity index (χ3v) is 3.74. The van der Waals surface area contributed by atoms with Gasteiger partial charge in [-0.15, -0.1) is 0 Å². The second-order valence-electron chi connectivity index (χ2n) is 5.36. The lowest BCUT2D eigenvalue weighted by Gasteiger charge is -2.38. The van der Waals surface area contributed by atoms with E-state index in [-0.39, 0.29) is 24.4 Å². The zero-order chi connectivity index (χ0) is 14.0. The summed E-state index contributed by atoms with van der Waals surface area (Å²) in [5, 5.41) is 2.78. The number of nitrogens with zero attached hydrogens (tertiary/aromatic N) is 1. The minimum Gasteiger partial charge on any atom is -0.339 e. The Morgan fingerprint density at radius 1 is 1.16 bits per heavy atom. The van der Waals surface area contributed by atoms with E-state index in [2.05, 4.69) is 19.2 Å². The fraction of sp³-hybridized carbons (Fsp3) is 0.467. The molecule has 1 aliphatic rings. The highest BCUT2D eigenvalue weighted by molar-refractivity contribution is 5.95. The lowest BCUT2D eigenvalue weighted by molar-refractivity contribution is -0.147. The van der Waals surface area contributed by atoms with Crippen LogP contribution in [0, 0.1) is 5.92 Å². The molecule has 0 bridgehead atoms. The molecule has 1 aromatic rings. The van der Waals surface area contributed by atoms with Gasteiger partial charge >= 0.3 is 0 Å². The van der Waals surface area contributed by atoms with E-state index in [0.717, 1.165) is 5.56 Å². The number of hydrogen-bond donors (Lipinski definition) is 1. The standard InChI is InChI=1S/C15H20N2O2/c1-10(2)11(3)17-9-13(18)16-14(15(17)19)12-7-5-4-6-8-12/h4-8,10-11,14H,9H2,1-3H3,(H,16,18). The van der Waals surface area contributed by atoms with Gasteiger partial charge in [0.25, 0.3) is 5.91 Å². The second kappa shape index (κ2) is 5.43. The van der Waals surface area contributed by atoms with Gasteiger partial charge in [-0.3, -0.25) is 9.59 Å². The number of carbonyl (C=O) groups excluding carboxylic acids is 2. The number of piperazine rings is 1. The normalized spacial score (nSPS) is 21.5. The van der Waals surface area contributed by atoms with Crippen LogP contribution < -0.4 is 5.32 Å². The maximum absolute atomic E-state index is 12.5. The molecule has 0 aromatic heterocycles. The van der Waals surface area contributed by atoms with E-state index in [1.807, 2.05) is 37.3 Å². The first-order chi connectivity index (χ1) is 9.00. The molecule has 2 rings (SSSR count). The molecule has 0 saturated carbocycles. The van der Waals surface area contributed by atoms with Crippen LogP contribution in [0.25, 0.3) is 0 Å². The average molecular weight is 260 g/mol. The van der Waals surface area contributed by atoms with Gasteiger partial charge in [0, 0.05) is 6.04 Å². The summed E-state index contributed by atoms with van der Waals surface area (Å²) in [6, 6.07) is 8.89. The van der Waals surface area contributed by atoms with Crippen LogP contribution in [0.15, 0.2) is 30.3 Å². The fourth-order valence-corrected chi connectivity index (χ4v) is 2.24. The maximum Gasteiger partial charge on any atom is 0.250 e. The van der Waals surface area contributed by atoms with Crippen molar-refractivity contribution in [2.45, 2.75) is 32.9 Å². The quantitative estimate of drug-likeness (QED) is 0.899. The van der Waals surface area contributed by atoms with E-state index < -0.39 is 6.04 Å². The third kappa shape index (κ3) is 2.78. The van der Waals surface area contributed by atoms with Gasteiger partial charge in [0.2, 0.25) is 5.91 Å². The summed E-state index contributed by atoms with van der Waals surface area (Å²) >= 11 is 0. The van der Waals surface area contributed by atoms with Crippen LogP contribution in [-0.4, -0.2) is 29.3 Å². The minimum atomic E-state index is -0.552. The lowest BCUT2D eigenvalue weighted by atomic mass is 9.98. The van der Waals surface area contributed by atoms with Crippen molar-refractivity contribution in [2.24, 2.45) is 5.92 Å². The highest BCUT2D eigenvalue weighted by Crippen LogP contribution is 2.22. The summed E-state index contributed by atoms with van der Waals surface area (Å²) in [5.41, 5.74) is 0.835. The molecule has 2 unspecified atom stereocenters. The molecule has 2 atom stereocenters. The summed E-state index contributed by atoms with van der Waals surface area (Å²) in [5.74, 6) is 0.208. The van der Waals surface area contributed by atoms with Gasteiger partial charge in [0.05, 0.1) is 6.54 Å². The SMILES string of the molecule is CC(C)C(C)N1CC(=O)NC(c2ccccc2)C1=O. The Hall–Kier alpha value is -1.84. The van der Waals surface area contributed by atoms with E-state index in [1.54, 1.807) is 4.90 Å². The van der Waals surface area contributed by atoms with Crippen LogP contribution in [0.1, 0.15) is 32.4 Å². The number of rotatable bonds is 3. The van der Waals surface area contributed by atoms with Crippen LogP contribution in [0.2, 0.25) is 0 Å². The molecule has 1 saturated heterocycles. The van der Waals surface area contributed by atoms with Crippen LogP contribution in [0.3, 0.4) is 0 Å². The van der Waals surface area contributed by atoms with Gasteiger partial charge in [-0.1, -0.05) is 44.2 Å². The van der Waals surface area contributed by atoms with E-state index in [9.17, 15) is 9.59 Å². The molecule has 1 fully saturated rings. The van der Waals surface area contributed by atoms with Crippen molar-refractivity contribution in [1.29, 1.82) is 0 Å². The first-order valence-corrected chi connectivity index (χ1v) is 6.65. The lowest BCUT2D eigenvalue weighted by Crippen LogP contribution is -2.57. The topological polar surface area (TPSA) is 49.4 Å². The molecule has 102 valence electrons. The Morgan fingerprint density at radius 2 is 1.79 bits per heavy atom. The summed E-state index contributed by atoms with van der Waals surface area (Å²) in [6.07, 6.45) is 0. The zero-order valence-corrected chi connectivity index (χ0v) is 11.6. The maximum atomic E-state index is 12.5. The molecule has 4 heteroatoms. The van der Waals surface area contributed by atoms with Gasteiger partial charge < -0.3 is 10.2 Å². The predicted molar refractivity (Wildman–Crippen MR) is 73.3 cm³/mol. The van der Waals surface area contributed by atoms with Gasteiger partial charge in [-0.05, 0) is 18.4 Å². The number of hydrogen-bond acceptors (Lipinski definition) is 2. The molecule has 1 N–H and O–H groups in total. The molecule has 1 heterocycles. The highest BCUT2D eigenvalue weighted by Gasteiger charge is 2.36. The minimum absolute atomic E-state index is 0.0213. The zero-order valence-electron chi connectivity index (χ0n) is 11.6. The van der Waals surface area contributed by atoms with E-state index in [0.29, 0.717) is 5.92 Å². The van der Waals surface area contributed by atoms with Crippen molar-refractivity contribution in [1.82, 2.24) is 10.2 Å². The second-order valence-corrected chi connectivity index (χ2v) is 5.36. The Kier molecular flexibility index (Phi) is 3.88. The Morgan fingerprint density at radius 3 is 2.37 bits per heavy atom. The molecule has 0 aliphatic carbocycles. The Labute approximate surface area is 113 Å². The molecule has 1 aliphatic heterocycles. The highest BCUT2D eigenvalue weighted by atomic mass is 16.2. The molecular formula is C15H20N2O2. The van der Waals surface area contributed by atoms with E-state index in [4.69, 9.17) is 0 Å². The number of carbonyl (C=O) groups is 2. The largest absolute Gasteiger partial charge is 0.339 e. The molecule has 19 heavy (non-hydrogen) atoms. The monoisotopic (exact) mass is 260 g/mol. The van der Waals surface area contributed by atoms with E-state index in [1.165, 1.54) is 0 Å². The summed E-state index contributed by atoms with van der Waals surface area (Å²) in [6.45, 7) is 6.26. The van der Waals surface area contributed by atoms with Crippen molar-refractivity contribution in [3.05, 3.63) is 35.9 Å². The molecule has 4 nitrogen and oxygen atoms in total. The summed E-state index contributed by atoms with van der Waals surface area (Å²) < 4.78 is 0. The number of benzene rings is 1. The van der Waals surface area contributed by atoms with Crippen molar-refractivity contribution in [3.63, 3.8) is 0 Å². The van der Waals surface area contributed by atoms with Crippen LogP contribution in [0.4, 0.5) is 0 Å². The first kappa shape index (κ1) is 13.6. The first-order valence-electron chi connectivity index (χ1n) is 6.65. The predicted octanol–water partition coefficient (Wildman–Crippen LogP) is 1.73. The summed E-state index contributed by atoms with van der Waals surface area (Å²) in [7, 11) is 0. The van der Waals surface area contributed by atoms with Gasteiger partial charge in [0.15, 0.2) is 0 Å². The van der Waals surface area contributed by atoms with Gasteiger partial charge in [-0.2, -0.15) is 0 Å². The Balaban J connectivity index is 2.26. The van der Waals surface area contributed by atoms with Crippen LogP contribution in [-0.2, 0) is 9.59 Å². The van der Waals surface area contributed by atoms with Crippen LogP contribution in [0.5, 0.6) is 0 Å². The van der Waals surface area contributed by atoms with Crippen molar-refractivity contribution < 1.29 is 9.59 Å². The molecule has 0 spiro atoms. The number of nitrogens with one attached hydrogen (secondary N) is 1. The van der Waals surface area contributed by atoms with Gasteiger partial charge in [0.1, 0.15) is 6.04 Å². The fourth-order valence-electron chi connectivity index (χ4n) is 2.24. The third-order valence-electron chi connectivity index (χ3n) is 3.74. The molecular weight excluding hydrogens is 240 g/mol. The average Bonchev–Trinajstić information content (AvgIpc) is 2.41. The molecule has 0 radical (unpaired) electrons. The van der Waals surface area contributed by atoms with E-state index >= 15 is 0 Å². The van der Waals surface area contributed by atoms with Crippen molar-refractivity contribution >= 4 is 11.8 Å². The number of amides is 2. The molecule has 1 aromatic carbocycles. The summed E-state index contributed by atoms with van der Waals surface area (Å²) in [4.78, 5) is 26.0. The van der Waals surface area contributed by atoms with Crippen molar-refractivity contribution in [3.8, 4) is 0 Å². The van der Waals surface area contributed by atoms with Gasteiger partial charge in [-0.25, -0.2) is 0 Å². The van der Waals surface area contributed by atoms with Crippen LogP contribution >= 0.6 is 0 Å². The molecule has 2 amide bonds. The Bertz CT molecular complexity index is 470. The van der Waals surface area contributed by atoms with Crippen molar-refractivity contribution in [2.75, 3.05) is 6.54 Å².